The van der Waals surface area contributed by atoms with Gasteiger partial charge in [0.1, 0.15) is 5.69 Å². The molecule has 0 aromatic carbocycles. The standard InChI is InChI=1S/C11H11F3N4/c1-7(15)9-4-5-18(17-9)8-2-3-10(16-6-8)11(12,13)14/h2-7H,15H2,1H3. The highest BCUT2D eigenvalue weighted by Gasteiger charge is 2.32. The molecule has 2 N–H and O–H groups in total. The van der Waals surface area contributed by atoms with Gasteiger partial charge in [0.2, 0.25) is 0 Å². The summed E-state index contributed by atoms with van der Waals surface area (Å²) in [5.41, 5.74) is 5.84. The van der Waals surface area contributed by atoms with Gasteiger partial charge in [-0.15, -0.1) is 0 Å². The number of aromatic nitrogens is 3. The second-order valence-electron chi connectivity index (χ2n) is 3.87. The van der Waals surface area contributed by atoms with Crippen LogP contribution in [0.1, 0.15) is 24.4 Å². The third-order valence-corrected chi connectivity index (χ3v) is 2.38. The normalized spacial score (nSPS) is 13.6. The molecule has 2 aromatic rings. The lowest BCUT2D eigenvalue weighted by atomic mass is 10.3. The third kappa shape index (κ3) is 2.51. The molecule has 7 heteroatoms. The van der Waals surface area contributed by atoms with E-state index in [9.17, 15) is 13.2 Å². The lowest BCUT2D eigenvalue weighted by molar-refractivity contribution is -0.141. The Kier molecular flexibility index (Phi) is 3.08. The lowest BCUT2D eigenvalue weighted by Gasteiger charge is -2.06. The van der Waals surface area contributed by atoms with E-state index < -0.39 is 11.9 Å². The predicted molar refractivity (Wildman–Crippen MR) is 59.0 cm³/mol. The van der Waals surface area contributed by atoms with Crippen molar-refractivity contribution in [3.63, 3.8) is 0 Å². The van der Waals surface area contributed by atoms with Crippen molar-refractivity contribution in [2.24, 2.45) is 5.73 Å². The zero-order valence-electron chi connectivity index (χ0n) is 9.52. The summed E-state index contributed by atoms with van der Waals surface area (Å²) in [6, 6.07) is 3.72. The number of alkyl halides is 3. The molecule has 96 valence electrons. The van der Waals surface area contributed by atoms with Crippen LogP contribution >= 0.6 is 0 Å². The van der Waals surface area contributed by atoms with E-state index in [0.717, 1.165) is 12.3 Å². The van der Waals surface area contributed by atoms with Crippen molar-refractivity contribution in [3.8, 4) is 5.69 Å². The van der Waals surface area contributed by atoms with Gasteiger partial charge in [0, 0.05) is 12.2 Å². The minimum atomic E-state index is -4.43. The van der Waals surface area contributed by atoms with Crippen LogP contribution in [0.4, 0.5) is 13.2 Å². The van der Waals surface area contributed by atoms with E-state index in [0.29, 0.717) is 11.4 Å². The van der Waals surface area contributed by atoms with Crippen LogP contribution in [-0.2, 0) is 6.18 Å². The fraction of sp³-hybridized carbons (Fsp3) is 0.273. The first-order chi connectivity index (χ1) is 8.38. The number of pyridine rings is 1. The molecular formula is C11H11F3N4. The number of halogens is 3. The lowest BCUT2D eigenvalue weighted by Crippen LogP contribution is -2.09. The van der Waals surface area contributed by atoms with Crippen molar-refractivity contribution in [1.82, 2.24) is 14.8 Å². The predicted octanol–water partition coefficient (Wildman–Crippen LogP) is 2.31. The summed E-state index contributed by atoms with van der Waals surface area (Å²) in [5, 5.41) is 4.14. The summed E-state index contributed by atoms with van der Waals surface area (Å²) < 4.78 is 38.4. The second-order valence-corrected chi connectivity index (χ2v) is 3.87. The summed E-state index contributed by atoms with van der Waals surface area (Å²) in [7, 11) is 0. The monoisotopic (exact) mass is 256 g/mol. The van der Waals surface area contributed by atoms with Gasteiger partial charge < -0.3 is 5.73 Å². The minimum absolute atomic E-state index is 0.228. The zero-order valence-corrected chi connectivity index (χ0v) is 9.52. The van der Waals surface area contributed by atoms with Gasteiger partial charge in [-0.25, -0.2) is 9.67 Å². The topological polar surface area (TPSA) is 56.7 Å². The van der Waals surface area contributed by atoms with Crippen LogP contribution < -0.4 is 5.73 Å². The zero-order chi connectivity index (χ0) is 13.3. The molecule has 0 aliphatic heterocycles. The number of hydrogen-bond donors (Lipinski definition) is 1. The Bertz CT molecular complexity index is 528. The van der Waals surface area contributed by atoms with Crippen molar-refractivity contribution >= 4 is 0 Å². The molecule has 0 saturated heterocycles. The van der Waals surface area contributed by atoms with Crippen molar-refractivity contribution in [1.29, 1.82) is 0 Å². The van der Waals surface area contributed by atoms with Crippen LogP contribution in [0.5, 0.6) is 0 Å². The summed E-state index contributed by atoms with van der Waals surface area (Å²) >= 11 is 0. The summed E-state index contributed by atoms with van der Waals surface area (Å²) in [4.78, 5) is 3.36. The molecule has 4 nitrogen and oxygen atoms in total. The van der Waals surface area contributed by atoms with E-state index in [2.05, 4.69) is 10.1 Å². The average Bonchev–Trinajstić information content (AvgIpc) is 2.77. The molecule has 1 atom stereocenters. The molecule has 2 aromatic heterocycles. The van der Waals surface area contributed by atoms with Crippen LogP contribution in [0.3, 0.4) is 0 Å². The quantitative estimate of drug-likeness (QED) is 0.897. The Morgan fingerprint density at radius 2 is 2.00 bits per heavy atom. The number of rotatable bonds is 2. The molecular weight excluding hydrogens is 245 g/mol. The Hall–Kier alpha value is -1.89. The van der Waals surface area contributed by atoms with Crippen molar-refractivity contribution in [2.45, 2.75) is 19.1 Å². The second kappa shape index (κ2) is 4.41. The smallest absolute Gasteiger partial charge is 0.323 e. The van der Waals surface area contributed by atoms with Crippen LogP contribution in [-0.4, -0.2) is 14.8 Å². The fourth-order valence-electron chi connectivity index (χ4n) is 1.41. The van der Waals surface area contributed by atoms with Crippen molar-refractivity contribution in [2.75, 3.05) is 0 Å². The first kappa shape index (κ1) is 12.6. The van der Waals surface area contributed by atoms with Gasteiger partial charge in [0.15, 0.2) is 0 Å². The Morgan fingerprint density at radius 3 is 2.44 bits per heavy atom. The molecule has 1 unspecified atom stereocenters. The van der Waals surface area contributed by atoms with E-state index in [4.69, 9.17) is 5.73 Å². The first-order valence-corrected chi connectivity index (χ1v) is 5.22. The molecule has 2 heterocycles. The van der Waals surface area contributed by atoms with Crippen molar-refractivity contribution in [3.05, 3.63) is 42.0 Å². The highest BCUT2D eigenvalue weighted by Crippen LogP contribution is 2.27. The van der Waals surface area contributed by atoms with Crippen molar-refractivity contribution < 1.29 is 13.2 Å². The Balaban J connectivity index is 2.29. The summed E-state index contributed by atoms with van der Waals surface area (Å²) in [6.45, 7) is 1.78. The maximum atomic E-state index is 12.3. The molecule has 0 aliphatic rings. The van der Waals surface area contributed by atoms with E-state index >= 15 is 0 Å². The first-order valence-electron chi connectivity index (χ1n) is 5.22. The third-order valence-electron chi connectivity index (χ3n) is 2.38. The van der Waals surface area contributed by atoms with Gasteiger partial charge in [0.05, 0.1) is 17.6 Å². The molecule has 0 fully saturated rings. The molecule has 0 saturated carbocycles. The van der Waals surface area contributed by atoms with Crippen LogP contribution in [0.15, 0.2) is 30.6 Å². The van der Waals surface area contributed by atoms with Crippen LogP contribution in [0, 0.1) is 0 Å². The molecule has 0 spiro atoms. The molecule has 0 aliphatic carbocycles. The van der Waals surface area contributed by atoms with Gasteiger partial charge >= 0.3 is 6.18 Å². The number of hydrogen-bond acceptors (Lipinski definition) is 3. The van der Waals surface area contributed by atoms with E-state index in [1.54, 1.807) is 19.2 Å². The van der Waals surface area contributed by atoms with Gasteiger partial charge in [-0.05, 0) is 25.1 Å². The highest BCUT2D eigenvalue weighted by molar-refractivity contribution is 5.30. The molecule has 2 rings (SSSR count). The molecule has 0 amide bonds. The summed E-state index contributed by atoms with van der Waals surface area (Å²) in [5.74, 6) is 0. The van der Waals surface area contributed by atoms with Gasteiger partial charge in [-0.3, -0.25) is 0 Å². The SMILES string of the molecule is CC(N)c1ccn(-c2ccc(C(F)(F)F)nc2)n1. The van der Waals surface area contributed by atoms with Crippen LogP contribution in [0.2, 0.25) is 0 Å². The summed E-state index contributed by atoms with van der Waals surface area (Å²) in [6.07, 6.45) is -1.68. The number of nitrogens with zero attached hydrogens (tertiary/aromatic N) is 3. The molecule has 0 bridgehead atoms. The average molecular weight is 256 g/mol. The highest BCUT2D eigenvalue weighted by atomic mass is 19.4. The van der Waals surface area contributed by atoms with Gasteiger partial charge in [0.25, 0.3) is 0 Å². The largest absolute Gasteiger partial charge is 0.433 e. The maximum absolute atomic E-state index is 12.3. The Morgan fingerprint density at radius 1 is 1.28 bits per heavy atom. The van der Waals surface area contributed by atoms with E-state index in [-0.39, 0.29) is 6.04 Å². The van der Waals surface area contributed by atoms with Gasteiger partial charge in [-0.1, -0.05) is 0 Å². The molecule has 0 radical (unpaired) electrons. The van der Waals surface area contributed by atoms with Gasteiger partial charge in [-0.2, -0.15) is 18.3 Å². The van der Waals surface area contributed by atoms with E-state index in [1.165, 1.54) is 10.7 Å². The number of nitrogens with two attached hydrogens (primary N) is 1. The van der Waals surface area contributed by atoms with Crippen LogP contribution in [0.25, 0.3) is 5.69 Å². The minimum Gasteiger partial charge on any atom is -0.323 e. The fourth-order valence-corrected chi connectivity index (χ4v) is 1.41. The molecule has 18 heavy (non-hydrogen) atoms. The van der Waals surface area contributed by atoms with E-state index in [1.807, 2.05) is 0 Å². The Labute approximate surface area is 101 Å². The maximum Gasteiger partial charge on any atom is 0.433 e.